The monoisotopic (exact) mass is 537 g/mol. The summed E-state index contributed by atoms with van der Waals surface area (Å²) in [5, 5.41) is 13.0. The lowest BCUT2D eigenvalue weighted by Gasteiger charge is -2.40. The largest absolute Gasteiger partial charge is 0.487 e. The fourth-order valence-electron chi connectivity index (χ4n) is 3.24. The first kappa shape index (κ1) is 26.6. The number of fused-ring (bicyclic) bond motifs is 1. The van der Waals surface area contributed by atoms with Crippen molar-refractivity contribution in [1.82, 2.24) is 5.32 Å². The molecule has 0 bridgehead atoms. The van der Waals surface area contributed by atoms with Gasteiger partial charge in [-0.2, -0.15) is 0 Å². The lowest BCUT2D eigenvalue weighted by molar-refractivity contribution is -0.143. The summed E-state index contributed by atoms with van der Waals surface area (Å²) in [6, 6.07) is 10.1. The van der Waals surface area contributed by atoms with E-state index in [-0.39, 0.29) is 47.1 Å². The minimum absolute atomic E-state index is 0.00290. The van der Waals surface area contributed by atoms with Crippen molar-refractivity contribution in [2.45, 2.75) is 37.3 Å². The van der Waals surface area contributed by atoms with E-state index in [0.717, 1.165) is 12.1 Å². The van der Waals surface area contributed by atoms with Crippen molar-refractivity contribution in [3.8, 4) is 5.75 Å². The molecule has 3 rings (SSSR count). The maximum atomic E-state index is 13.1. The maximum Gasteiger partial charge on any atom is 0.329 e. The number of benzene rings is 3. The fourth-order valence-corrected chi connectivity index (χ4v) is 4.16. The number of aliphatic carboxylic acids is 1. The summed E-state index contributed by atoms with van der Waals surface area (Å²) in [6.07, 6.45) is 0.0735. The summed E-state index contributed by atoms with van der Waals surface area (Å²) in [7, 11) is -9.81. The van der Waals surface area contributed by atoms with E-state index in [9.17, 15) is 34.1 Å². The van der Waals surface area contributed by atoms with Gasteiger partial charge in [-0.3, -0.25) is 4.79 Å². The first-order valence-electron chi connectivity index (χ1n) is 10.2. The summed E-state index contributed by atoms with van der Waals surface area (Å²) in [5.74, 6) is -2.05. The maximum absolute atomic E-state index is 13.1. The van der Waals surface area contributed by atoms with E-state index < -0.39 is 32.5 Å². The van der Waals surface area contributed by atoms with Crippen molar-refractivity contribution in [1.29, 1.82) is 0 Å². The molecular weight excluding hydrogens is 517 g/mol. The SMILES string of the molecule is CCC(C)(NC(=O)c1cc(Cl)c2ccccc2c1OCc1ccc(S(F)(F)(F)(F)F)cc1)C(=O)O. The minimum atomic E-state index is -9.81. The quantitative estimate of drug-likeness (QED) is 0.288. The molecule has 0 aromatic heterocycles. The van der Waals surface area contributed by atoms with Crippen LogP contribution in [0.4, 0.5) is 19.4 Å². The van der Waals surface area contributed by atoms with Crippen LogP contribution in [-0.2, 0) is 11.4 Å². The highest BCUT2D eigenvalue weighted by molar-refractivity contribution is 8.45. The van der Waals surface area contributed by atoms with Gasteiger partial charge >= 0.3 is 16.2 Å². The molecule has 1 amide bonds. The molecule has 0 aliphatic rings. The number of carboxylic acids is 1. The Labute approximate surface area is 202 Å². The average molecular weight is 538 g/mol. The highest BCUT2D eigenvalue weighted by atomic mass is 35.5. The molecule has 1 unspecified atom stereocenters. The van der Waals surface area contributed by atoms with Gasteiger partial charge < -0.3 is 15.2 Å². The van der Waals surface area contributed by atoms with Crippen LogP contribution in [-0.4, -0.2) is 22.5 Å². The van der Waals surface area contributed by atoms with Gasteiger partial charge in [0.2, 0.25) is 0 Å². The van der Waals surface area contributed by atoms with Gasteiger partial charge in [-0.25, -0.2) is 4.79 Å². The molecule has 190 valence electrons. The lowest BCUT2D eigenvalue weighted by atomic mass is 9.97. The van der Waals surface area contributed by atoms with Gasteiger partial charge in [-0.05, 0) is 37.1 Å². The van der Waals surface area contributed by atoms with Gasteiger partial charge in [-0.1, -0.05) is 74.4 Å². The molecule has 12 heteroatoms. The van der Waals surface area contributed by atoms with Gasteiger partial charge in [-0.15, -0.1) is 0 Å². The zero-order chi connectivity index (χ0) is 26.3. The highest BCUT2D eigenvalue weighted by Crippen LogP contribution is 3.02. The van der Waals surface area contributed by atoms with Gasteiger partial charge in [0, 0.05) is 15.8 Å². The number of halogens is 6. The van der Waals surface area contributed by atoms with Crippen LogP contribution in [0.3, 0.4) is 0 Å². The lowest BCUT2D eigenvalue weighted by Crippen LogP contribution is -2.51. The summed E-state index contributed by atoms with van der Waals surface area (Å²) < 4.78 is 70.6. The Morgan fingerprint density at radius 1 is 1.03 bits per heavy atom. The highest BCUT2D eigenvalue weighted by Gasteiger charge is 2.65. The molecule has 0 spiro atoms. The Morgan fingerprint density at radius 2 is 1.60 bits per heavy atom. The van der Waals surface area contributed by atoms with E-state index in [2.05, 4.69) is 5.32 Å². The van der Waals surface area contributed by atoms with Gasteiger partial charge in [0.05, 0.1) is 5.56 Å². The normalized spacial score (nSPS) is 15.5. The molecule has 2 N–H and O–H groups in total. The summed E-state index contributed by atoms with van der Waals surface area (Å²) in [4.78, 5) is 22.7. The van der Waals surface area contributed by atoms with Crippen LogP contribution in [0, 0.1) is 0 Å². The molecule has 0 saturated carbocycles. The van der Waals surface area contributed by atoms with E-state index in [1.807, 2.05) is 0 Å². The van der Waals surface area contributed by atoms with Gasteiger partial charge in [0.25, 0.3) is 5.91 Å². The Balaban J connectivity index is 2.00. The minimum Gasteiger partial charge on any atom is -0.487 e. The van der Waals surface area contributed by atoms with Gasteiger partial charge in [0.15, 0.2) is 0 Å². The number of amides is 1. The van der Waals surface area contributed by atoms with Crippen molar-refractivity contribution in [3.63, 3.8) is 0 Å². The Hall–Kier alpha value is -3.05. The number of nitrogens with one attached hydrogen (secondary N) is 1. The molecule has 0 fully saturated rings. The number of carboxylic acid groups (broad SMARTS) is 1. The number of carbonyl (C=O) groups excluding carboxylic acids is 1. The number of rotatable bonds is 8. The van der Waals surface area contributed by atoms with E-state index in [1.165, 1.54) is 13.0 Å². The van der Waals surface area contributed by atoms with Gasteiger partial charge in [0.1, 0.15) is 22.8 Å². The van der Waals surface area contributed by atoms with Crippen LogP contribution in [0.2, 0.25) is 5.02 Å². The number of hydrogen-bond acceptors (Lipinski definition) is 3. The average Bonchev–Trinajstić information content (AvgIpc) is 2.77. The molecule has 0 radical (unpaired) electrons. The predicted molar refractivity (Wildman–Crippen MR) is 125 cm³/mol. The molecule has 1 atom stereocenters. The van der Waals surface area contributed by atoms with Crippen LogP contribution < -0.4 is 10.1 Å². The molecule has 0 saturated heterocycles. The second kappa shape index (κ2) is 8.27. The van der Waals surface area contributed by atoms with Crippen molar-refractivity contribution in [3.05, 3.63) is 70.7 Å². The third-order valence-corrected chi connectivity index (χ3v) is 6.99. The Morgan fingerprint density at radius 3 is 2.11 bits per heavy atom. The molecule has 5 nitrogen and oxygen atoms in total. The smallest absolute Gasteiger partial charge is 0.329 e. The zero-order valence-corrected chi connectivity index (χ0v) is 20.0. The molecule has 0 heterocycles. The molecule has 3 aromatic rings. The van der Waals surface area contributed by atoms with Crippen molar-refractivity contribution in [2.75, 3.05) is 0 Å². The van der Waals surface area contributed by atoms with Crippen molar-refractivity contribution >= 4 is 44.5 Å². The Bertz CT molecular complexity index is 1320. The van der Waals surface area contributed by atoms with E-state index in [1.54, 1.807) is 31.2 Å². The molecule has 0 aliphatic carbocycles. The van der Waals surface area contributed by atoms with Crippen LogP contribution in [0.5, 0.6) is 5.75 Å². The third kappa shape index (κ3) is 5.79. The molecule has 35 heavy (non-hydrogen) atoms. The molecular formula is C23H21ClF5NO4S. The number of ether oxygens (including phenoxy) is 1. The topological polar surface area (TPSA) is 75.6 Å². The molecule has 0 aliphatic heterocycles. The van der Waals surface area contributed by atoms with Crippen molar-refractivity contribution < 1.29 is 38.9 Å². The van der Waals surface area contributed by atoms with Crippen LogP contribution in [0.15, 0.2) is 59.5 Å². The predicted octanol–water partition coefficient (Wildman–Crippen LogP) is 7.71. The second-order valence-electron chi connectivity index (χ2n) is 8.13. The van der Waals surface area contributed by atoms with E-state index in [0.29, 0.717) is 10.8 Å². The van der Waals surface area contributed by atoms with Crippen molar-refractivity contribution in [2.24, 2.45) is 0 Å². The first-order valence-corrected chi connectivity index (χ1v) is 12.5. The van der Waals surface area contributed by atoms with E-state index in [4.69, 9.17) is 16.3 Å². The first-order chi connectivity index (χ1) is 15.9. The fraction of sp³-hybridized carbons (Fsp3) is 0.217. The summed E-state index contributed by atoms with van der Waals surface area (Å²) >= 11 is 6.32. The summed E-state index contributed by atoms with van der Waals surface area (Å²) in [6.45, 7) is 2.54. The number of carbonyl (C=O) groups is 2. The second-order valence-corrected chi connectivity index (χ2v) is 10.9. The van der Waals surface area contributed by atoms with E-state index >= 15 is 0 Å². The van der Waals surface area contributed by atoms with Crippen LogP contribution in [0.1, 0.15) is 36.2 Å². The standard InChI is InChI=1S/C23H21ClF5NO4S/c1-3-23(2,22(32)33)30-21(31)18-12-19(24)16-6-4-5-7-17(16)20(18)34-13-14-8-10-15(11-9-14)35(25,26,27,28)29/h4-12H,3,13H2,1-2H3,(H,30,31)(H,32,33). The zero-order valence-electron chi connectivity index (χ0n) is 18.5. The van der Waals surface area contributed by atoms with Crippen LogP contribution >= 0.6 is 21.8 Å². The Kier molecular flexibility index (Phi) is 6.27. The van der Waals surface area contributed by atoms with Crippen LogP contribution in [0.25, 0.3) is 10.8 Å². The summed E-state index contributed by atoms with van der Waals surface area (Å²) in [5.41, 5.74) is -1.56. The number of hydrogen-bond donors (Lipinski definition) is 2. The molecule has 3 aromatic carbocycles. The third-order valence-electron chi connectivity index (χ3n) is 5.51.